The summed E-state index contributed by atoms with van der Waals surface area (Å²) < 4.78 is 10.7. The first-order valence-corrected chi connectivity index (χ1v) is 9.37. The molecule has 1 unspecified atom stereocenters. The fourth-order valence-corrected chi connectivity index (χ4v) is 2.20. The number of aliphatic hydroxyl groups is 1. The number of Topliss-reactive ketones (excluding diaryl/α,β-unsaturated/α-hetero) is 1. The number of rotatable bonds is 10. The van der Waals surface area contributed by atoms with Crippen LogP contribution in [0.3, 0.4) is 0 Å². The summed E-state index contributed by atoms with van der Waals surface area (Å²) in [5.74, 6) is -0.788. The van der Waals surface area contributed by atoms with Crippen LogP contribution in [-0.4, -0.2) is 47.1 Å². The van der Waals surface area contributed by atoms with Gasteiger partial charge in [0, 0.05) is 11.5 Å². The molecule has 1 atom stereocenters. The van der Waals surface area contributed by atoms with E-state index in [1.54, 1.807) is 45.0 Å². The van der Waals surface area contributed by atoms with Crippen molar-refractivity contribution in [2.75, 3.05) is 13.2 Å². The average molecular weight is 393 g/mol. The maximum absolute atomic E-state index is 12.2. The van der Waals surface area contributed by atoms with E-state index in [-0.39, 0.29) is 30.8 Å². The van der Waals surface area contributed by atoms with Gasteiger partial charge in [0.2, 0.25) is 5.91 Å². The van der Waals surface area contributed by atoms with Crippen LogP contribution >= 0.6 is 0 Å². The van der Waals surface area contributed by atoms with Crippen LogP contribution in [0.4, 0.5) is 0 Å². The average Bonchev–Trinajstić information content (AvgIpc) is 2.63. The van der Waals surface area contributed by atoms with E-state index in [1.807, 2.05) is 6.92 Å². The van der Waals surface area contributed by atoms with Gasteiger partial charge >= 0.3 is 5.97 Å². The Bertz CT molecular complexity index is 688. The van der Waals surface area contributed by atoms with Crippen molar-refractivity contribution in [1.29, 1.82) is 0 Å². The zero-order valence-corrected chi connectivity index (χ0v) is 17.5. The number of nitrogens with one attached hydrogen (secondary N) is 1. The molecule has 7 heteroatoms. The van der Waals surface area contributed by atoms with Crippen LogP contribution in [0.25, 0.3) is 0 Å². The normalized spacial score (nSPS) is 12.8. The van der Waals surface area contributed by atoms with Crippen LogP contribution in [0.5, 0.6) is 5.75 Å². The molecule has 0 aliphatic carbocycles. The predicted octanol–water partition coefficient (Wildman–Crippen LogP) is 2.50. The number of hydrogen-bond acceptors (Lipinski definition) is 6. The molecule has 0 bridgehead atoms. The molecule has 0 saturated carbocycles. The van der Waals surface area contributed by atoms with Crippen molar-refractivity contribution >= 4 is 17.7 Å². The molecule has 2 N–H and O–H groups in total. The molecule has 0 aliphatic rings. The Morgan fingerprint density at radius 3 is 2.14 bits per heavy atom. The number of ether oxygens (including phenoxy) is 2. The second-order valence-electron chi connectivity index (χ2n) is 7.82. The summed E-state index contributed by atoms with van der Waals surface area (Å²) in [6.45, 7) is 9.89. The van der Waals surface area contributed by atoms with Gasteiger partial charge in [-0.3, -0.25) is 9.59 Å². The van der Waals surface area contributed by atoms with E-state index in [0.717, 1.165) is 0 Å². The van der Waals surface area contributed by atoms with Gasteiger partial charge in [0.1, 0.15) is 30.1 Å². The summed E-state index contributed by atoms with van der Waals surface area (Å²) in [6.07, 6.45) is 0.686. The lowest BCUT2D eigenvalue weighted by molar-refractivity contribution is -0.153. The van der Waals surface area contributed by atoms with Gasteiger partial charge in [-0.15, -0.1) is 0 Å². The Balaban J connectivity index is 2.47. The lowest BCUT2D eigenvalue weighted by atomic mass is 9.97. The molecule has 0 fully saturated rings. The van der Waals surface area contributed by atoms with Crippen molar-refractivity contribution in [2.24, 2.45) is 5.92 Å². The van der Waals surface area contributed by atoms with Crippen molar-refractivity contribution in [3.05, 3.63) is 29.8 Å². The first-order valence-electron chi connectivity index (χ1n) is 9.37. The first kappa shape index (κ1) is 23.6. The maximum atomic E-state index is 12.2. The van der Waals surface area contributed by atoms with E-state index in [1.165, 1.54) is 13.8 Å². The van der Waals surface area contributed by atoms with Crippen LogP contribution in [0.1, 0.15) is 58.3 Å². The summed E-state index contributed by atoms with van der Waals surface area (Å²) in [5.41, 5.74) is -2.18. The van der Waals surface area contributed by atoms with Crippen molar-refractivity contribution in [1.82, 2.24) is 5.32 Å². The number of hydrogen-bond donors (Lipinski definition) is 2. The lowest BCUT2D eigenvalue weighted by Crippen LogP contribution is -2.52. The second-order valence-corrected chi connectivity index (χ2v) is 7.82. The molecule has 156 valence electrons. The number of carbonyl (C=O) groups excluding carboxylic acids is 3. The summed E-state index contributed by atoms with van der Waals surface area (Å²) in [7, 11) is 0. The highest BCUT2D eigenvalue weighted by Crippen LogP contribution is 2.17. The van der Waals surface area contributed by atoms with Gasteiger partial charge in [-0.1, -0.05) is 13.8 Å². The Morgan fingerprint density at radius 2 is 1.64 bits per heavy atom. The smallest absolute Gasteiger partial charge is 0.331 e. The Morgan fingerprint density at radius 1 is 1.07 bits per heavy atom. The van der Waals surface area contributed by atoms with Gasteiger partial charge in [0.15, 0.2) is 5.78 Å². The number of carbonyl (C=O) groups is 3. The van der Waals surface area contributed by atoms with Crippen LogP contribution in [0, 0.1) is 5.92 Å². The summed E-state index contributed by atoms with van der Waals surface area (Å²) >= 11 is 0. The molecule has 1 rings (SSSR count). The Hall–Kier alpha value is -2.41. The van der Waals surface area contributed by atoms with E-state index in [2.05, 4.69) is 5.32 Å². The van der Waals surface area contributed by atoms with E-state index in [0.29, 0.717) is 17.7 Å². The van der Waals surface area contributed by atoms with E-state index >= 15 is 0 Å². The minimum atomic E-state index is -1.44. The molecule has 1 aromatic carbocycles. The highest BCUT2D eigenvalue weighted by atomic mass is 16.6. The van der Waals surface area contributed by atoms with Crippen molar-refractivity contribution in [2.45, 2.75) is 59.1 Å². The number of benzene rings is 1. The minimum absolute atomic E-state index is 0.0197. The molecule has 0 heterocycles. The quantitative estimate of drug-likeness (QED) is 0.360. The standard InChI is InChI=1S/C21H31NO6/c1-7-14(2)18(24)22-20(3,4)19(25)28-13-12-27-16-10-8-15(9-11-16)17(23)21(5,6)26/h8-11,14,26H,7,12-13H2,1-6H3,(H,22,24). The second kappa shape index (κ2) is 9.68. The van der Waals surface area contributed by atoms with Gasteiger partial charge < -0.3 is 19.9 Å². The SMILES string of the molecule is CCC(C)C(=O)NC(C)(C)C(=O)OCCOc1ccc(C(=O)C(C)(C)O)cc1. The molecule has 28 heavy (non-hydrogen) atoms. The third kappa shape index (κ3) is 6.96. The van der Waals surface area contributed by atoms with Gasteiger partial charge in [0.25, 0.3) is 0 Å². The zero-order valence-electron chi connectivity index (χ0n) is 17.5. The molecule has 0 spiro atoms. The molecular formula is C21H31NO6. The summed E-state index contributed by atoms with van der Waals surface area (Å²) in [6, 6.07) is 6.35. The van der Waals surface area contributed by atoms with Crippen molar-refractivity contribution < 1.29 is 29.0 Å². The fourth-order valence-electron chi connectivity index (χ4n) is 2.20. The molecule has 1 aromatic rings. The molecule has 0 saturated heterocycles. The molecule has 1 amide bonds. The van der Waals surface area contributed by atoms with Gasteiger partial charge in [-0.05, 0) is 58.4 Å². The monoisotopic (exact) mass is 393 g/mol. The molecule has 0 radical (unpaired) electrons. The van der Waals surface area contributed by atoms with E-state index in [9.17, 15) is 19.5 Å². The third-order valence-corrected chi connectivity index (χ3v) is 4.26. The molecule has 0 aliphatic heterocycles. The largest absolute Gasteiger partial charge is 0.490 e. The van der Waals surface area contributed by atoms with Gasteiger partial charge in [0.05, 0.1) is 0 Å². The Kier molecular flexibility index (Phi) is 8.17. The van der Waals surface area contributed by atoms with E-state index in [4.69, 9.17) is 9.47 Å². The van der Waals surface area contributed by atoms with Gasteiger partial charge in [-0.2, -0.15) is 0 Å². The highest BCUT2D eigenvalue weighted by Gasteiger charge is 2.32. The van der Waals surface area contributed by atoms with E-state index < -0.39 is 17.1 Å². The minimum Gasteiger partial charge on any atom is -0.490 e. The Labute approximate surface area is 166 Å². The molecule has 7 nitrogen and oxygen atoms in total. The van der Waals surface area contributed by atoms with Crippen LogP contribution < -0.4 is 10.1 Å². The van der Waals surface area contributed by atoms with Gasteiger partial charge in [-0.25, -0.2) is 4.79 Å². The van der Waals surface area contributed by atoms with Crippen LogP contribution in [0.2, 0.25) is 0 Å². The van der Waals surface area contributed by atoms with Crippen molar-refractivity contribution in [3.8, 4) is 5.75 Å². The predicted molar refractivity (Wildman–Crippen MR) is 105 cm³/mol. The summed E-state index contributed by atoms with van der Waals surface area (Å²) in [4.78, 5) is 36.1. The topological polar surface area (TPSA) is 102 Å². The van der Waals surface area contributed by atoms with Crippen molar-refractivity contribution in [3.63, 3.8) is 0 Å². The first-order chi connectivity index (χ1) is 12.9. The lowest BCUT2D eigenvalue weighted by Gasteiger charge is -2.25. The molecule has 0 aromatic heterocycles. The summed E-state index contributed by atoms with van der Waals surface area (Å²) in [5, 5.41) is 12.4. The number of ketones is 1. The molecular weight excluding hydrogens is 362 g/mol. The number of esters is 1. The number of amides is 1. The highest BCUT2D eigenvalue weighted by molar-refractivity contribution is 6.01. The maximum Gasteiger partial charge on any atom is 0.331 e. The van der Waals surface area contributed by atoms with Crippen LogP contribution in [-0.2, 0) is 14.3 Å². The third-order valence-electron chi connectivity index (χ3n) is 4.26. The fraction of sp³-hybridized carbons (Fsp3) is 0.571. The van der Waals surface area contributed by atoms with Crippen LogP contribution in [0.15, 0.2) is 24.3 Å². The zero-order chi connectivity index (χ0) is 21.5.